The van der Waals surface area contributed by atoms with Crippen LogP contribution in [-0.2, 0) is 6.54 Å². The van der Waals surface area contributed by atoms with Crippen molar-refractivity contribution in [2.45, 2.75) is 26.3 Å². The number of nitrogen functional groups attached to an aromatic ring is 1. The highest BCUT2D eigenvalue weighted by molar-refractivity contribution is 5.88. The second-order valence-corrected chi connectivity index (χ2v) is 4.76. The first kappa shape index (κ1) is 12.6. The van der Waals surface area contributed by atoms with Gasteiger partial charge in [-0.25, -0.2) is 9.97 Å². The number of fused-ring (bicyclic) bond motifs is 1. The Morgan fingerprint density at radius 2 is 1.95 bits per heavy atom. The van der Waals surface area contributed by atoms with Gasteiger partial charge in [-0.05, 0) is 6.42 Å². The smallest absolute Gasteiger partial charge is 0.222 e. The lowest BCUT2D eigenvalue weighted by Crippen LogP contribution is -2.02. The van der Waals surface area contributed by atoms with Crippen LogP contribution in [0.15, 0.2) is 36.7 Å². The number of hydrogen-bond donors (Lipinski definition) is 1. The van der Waals surface area contributed by atoms with Crippen LogP contribution in [0.1, 0.15) is 19.8 Å². The summed E-state index contributed by atoms with van der Waals surface area (Å²) in [6.45, 7) is 3.07. The summed E-state index contributed by atoms with van der Waals surface area (Å²) in [5.74, 6) is 0.287. The van der Waals surface area contributed by atoms with Gasteiger partial charge < -0.3 is 10.3 Å². The van der Waals surface area contributed by atoms with Crippen molar-refractivity contribution in [3.63, 3.8) is 0 Å². The van der Waals surface area contributed by atoms with E-state index < -0.39 is 0 Å². The van der Waals surface area contributed by atoms with E-state index in [4.69, 9.17) is 5.73 Å². The fourth-order valence-electron chi connectivity index (χ4n) is 2.25. The highest BCUT2D eigenvalue weighted by atomic mass is 15.1. The Morgan fingerprint density at radius 1 is 1.15 bits per heavy atom. The molecule has 2 aromatic heterocycles. The maximum absolute atomic E-state index is 5.86. The van der Waals surface area contributed by atoms with Gasteiger partial charge in [0.05, 0.1) is 6.33 Å². The summed E-state index contributed by atoms with van der Waals surface area (Å²) in [6.07, 6.45) is 4.04. The van der Waals surface area contributed by atoms with Gasteiger partial charge in [0, 0.05) is 12.1 Å². The number of nitrogens with two attached hydrogens (primary N) is 1. The van der Waals surface area contributed by atoms with Crippen molar-refractivity contribution in [2.75, 3.05) is 5.73 Å². The number of nitrogens with zero attached hydrogens (tertiary/aromatic N) is 4. The van der Waals surface area contributed by atoms with E-state index in [1.165, 1.54) is 0 Å². The van der Waals surface area contributed by atoms with E-state index in [1.54, 1.807) is 0 Å². The van der Waals surface area contributed by atoms with Crippen LogP contribution in [0.3, 0.4) is 0 Å². The second kappa shape index (κ2) is 5.28. The lowest BCUT2D eigenvalue weighted by Gasteiger charge is -2.05. The van der Waals surface area contributed by atoms with Gasteiger partial charge in [0.25, 0.3) is 0 Å². The van der Waals surface area contributed by atoms with Crippen LogP contribution in [0.4, 0.5) is 5.95 Å². The first-order chi connectivity index (χ1) is 9.79. The molecule has 0 aliphatic carbocycles. The average molecular weight is 267 g/mol. The molecular formula is C15H17N5. The topological polar surface area (TPSA) is 69.6 Å². The maximum Gasteiger partial charge on any atom is 0.222 e. The number of hydrogen-bond acceptors (Lipinski definition) is 4. The zero-order chi connectivity index (χ0) is 13.9. The van der Waals surface area contributed by atoms with Gasteiger partial charge in [-0.15, -0.1) is 0 Å². The van der Waals surface area contributed by atoms with Crippen LogP contribution in [-0.4, -0.2) is 19.5 Å². The van der Waals surface area contributed by atoms with E-state index in [2.05, 4.69) is 21.9 Å². The summed E-state index contributed by atoms with van der Waals surface area (Å²) in [4.78, 5) is 13.2. The molecule has 3 rings (SSSR count). The Balaban J connectivity index is 2.16. The Kier molecular flexibility index (Phi) is 3.33. The molecule has 5 nitrogen and oxygen atoms in total. The van der Waals surface area contributed by atoms with Gasteiger partial charge in [-0.1, -0.05) is 43.7 Å². The fourth-order valence-corrected chi connectivity index (χ4v) is 2.25. The third-order valence-electron chi connectivity index (χ3n) is 3.28. The lowest BCUT2D eigenvalue weighted by molar-refractivity contribution is 0.642. The Bertz CT molecular complexity index is 718. The molecule has 0 bridgehead atoms. The van der Waals surface area contributed by atoms with Crippen molar-refractivity contribution in [1.82, 2.24) is 19.5 Å². The molecule has 0 saturated carbocycles. The van der Waals surface area contributed by atoms with Crippen LogP contribution in [0.5, 0.6) is 0 Å². The minimum Gasteiger partial charge on any atom is -0.368 e. The minimum atomic E-state index is 0.287. The van der Waals surface area contributed by atoms with Crippen LogP contribution in [0.2, 0.25) is 0 Å². The highest BCUT2D eigenvalue weighted by Crippen LogP contribution is 2.25. The molecule has 0 aliphatic rings. The normalized spacial score (nSPS) is 11.1. The number of benzene rings is 1. The number of anilines is 1. The standard InChI is InChI=1S/C15H17N5/c1-2-3-9-20-10-17-13-12(11-7-5-4-6-8-11)18-15(16)19-14(13)20/h4-8,10H,2-3,9H2,1H3,(H2,16,18,19). The number of aromatic nitrogens is 4. The molecule has 0 spiro atoms. The van der Waals surface area contributed by atoms with Crippen molar-refractivity contribution in [3.05, 3.63) is 36.7 Å². The van der Waals surface area contributed by atoms with Gasteiger partial charge in [0.2, 0.25) is 5.95 Å². The summed E-state index contributed by atoms with van der Waals surface area (Å²) in [5.41, 5.74) is 9.27. The zero-order valence-electron chi connectivity index (χ0n) is 11.5. The number of imidazole rings is 1. The molecule has 0 atom stereocenters. The SMILES string of the molecule is CCCCn1cnc2c(-c3ccccc3)nc(N)nc21. The molecule has 0 aliphatic heterocycles. The van der Waals surface area contributed by atoms with E-state index >= 15 is 0 Å². The third kappa shape index (κ3) is 2.22. The summed E-state index contributed by atoms with van der Waals surface area (Å²) >= 11 is 0. The molecule has 3 aromatic rings. The summed E-state index contributed by atoms with van der Waals surface area (Å²) in [7, 11) is 0. The van der Waals surface area contributed by atoms with Crippen molar-refractivity contribution < 1.29 is 0 Å². The lowest BCUT2D eigenvalue weighted by atomic mass is 10.1. The molecule has 2 heterocycles. The van der Waals surface area contributed by atoms with Gasteiger partial charge in [-0.3, -0.25) is 0 Å². The monoisotopic (exact) mass is 267 g/mol. The molecule has 5 heteroatoms. The van der Waals surface area contributed by atoms with Crippen molar-refractivity contribution in [2.24, 2.45) is 0 Å². The summed E-state index contributed by atoms with van der Waals surface area (Å²) < 4.78 is 2.04. The van der Waals surface area contributed by atoms with Crippen molar-refractivity contribution in [1.29, 1.82) is 0 Å². The average Bonchev–Trinajstić information content (AvgIpc) is 2.88. The van der Waals surface area contributed by atoms with Crippen LogP contribution in [0.25, 0.3) is 22.4 Å². The molecule has 102 valence electrons. The van der Waals surface area contributed by atoms with Crippen molar-refractivity contribution >= 4 is 17.1 Å². The maximum atomic E-state index is 5.86. The molecule has 0 unspecified atom stereocenters. The summed E-state index contributed by atoms with van der Waals surface area (Å²) in [6, 6.07) is 9.95. The molecule has 20 heavy (non-hydrogen) atoms. The molecule has 0 radical (unpaired) electrons. The largest absolute Gasteiger partial charge is 0.368 e. The van der Waals surface area contributed by atoms with Gasteiger partial charge in [0.1, 0.15) is 11.2 Å². The number of unbranched alkanes of at least 4 members (excludes halogenated alkanes) is 1. The van der Waals surface area contributed by atoms with E-state index in [0.717, 1.165) is 41.8 Å². The number of aryl methyl sites for hydroxylation is 1. The third-order valence-corrected chi connectivity index (χ3v) is 3.28. The minimum absolute atomic E-state index is 0.287. The van der Waals surface area contributed by atoms with E-state index in [-0.39, 0.29) is 5.95 Å². The number of rotatable bonds is 4. The first-order valence-electron chi connectivity index (χ1n) is 6.83. The van der Waals surface area contributed by atoms with E-state index in [1.807, 2.05) is 41.2 Å². The Morgan fingerprint density at radius 3 is 2.70 bits per heavy atom. The Hall–Kier alpha value is -2.43. The van der Waals surface area contributed by atoms with Crippen LogP contribution in [0, 0.1) is 0 Å². The van der Waals surface area contributed by atoms with Crippen LogP contribution >= 0.6 is 0 Å². The molecular weight excluding hydrogens is 250 g/mol. The fraction of sp³-hybridized carbons (Fsp3) is 0.267. The van der Waals surface area contributed by atoms with Gasteiger partial charge in [0.15, 0.2) is 5.65 Å². The molecule has 1 aromatic carbocycles. The Labute approximate surface area is 117 Å². The summed E-state index contributed by atoms with van der Waals surface area (Å²) in [5, 5.41) is 0. The quantitative estimate of drug-likeness (QED) is 0.789. The van der Waals surface area contributed by atoms with Crippen molar-refractivity contribution in [3.8, 4) is 11.3 Å². The van der Waals surface area contributed by atoms with Gasteiger partial charge in [-0.2, -0.15) is 4.98 Å². The molecule has 0 saturated heterocycles. The van der Waals surface area contributed by atoms with Gasteiger partial charge >= 0.3 is 0 Å². The zero-order valence-corrected chi connectivity index (χ0v) is 11.5. The van der Waals surface area contributed by atoms with Crippen LogP contribution < -0.4 is 5.73 Å². The molecule has 0 amide bonds. The second-order valence-electron chi connectivity index (χ2n) is 4.76. The predicted molar refractivity (Wildman–Crippen MR) is 80.1 cm³/mol. The highest BCUT2D eigenvalue weighted by Gasteiger charge is 2.13. The van der Waals surface area contributed by atoms with E-state index in [0.29, 0.717) is 0 Å². The predicted octanol–water partition coefficient (Wildman–Crippen LogP) is 2.88. The molecule has 0 fully saturated rings. The molecule has 2 N–H and O–H groups in total. The first-order valence-corrected chi connectivity index (χ1v) is 6.83. The van der Waals surface area contributed by atoms with E-state index in [9.17, 15) is 0 Å².